The fourth-order valence-corrected chi connectivity index (χ4v) is 5.62. The van der Waals surface area contributed by atoms with Gasteiger partial charge in [-0.3, -0.25) is 8.37 Å². The Balaban J connectivity index is 2.16. The van der Waals surface area contributed by atoms with Gasteiger partial charge in [-0.2, -0.15) is 16.8 Å². The highest BCUT2D eigenvalue weighted by molar-refractivity contribution is 7.87. The van der Waals surface area contributed by atoms with Gasteiger partial charge in [0.2, 0.25) is 0 Å². The molecule has 29 heavy (non-hydrogen) atoms. The molecule has 0 aromatic heterocycles. The summed E-state index contributed by atoms with van der Waals surface area (Å²) in [5.74, 6) is 0. The van der Waals surface area contributed by atoms with Crippen molar-refractivity contribution in [2.24, 2.45) is 0 Å². The molecule has 0 radical (unpaired) electrons. The van der Waals surface area contributed by atoms with Crippen LogP contribution in [0.1, 0.15) is 45.2 Å². The Morgan fingerprint density at radius 1 is 0.621 bits per heavy atom. The lowest BCUT2D eigenvalue weighted by molar-refractivity contribution is 0.0130. The molecule has 0 aliphatic heterocycles. The Morgan fingerprint density at radius 2 is 0.897 bits per heavy atom. The first kappa shape index (κ1) is 23.5. The summed E-state index contributed by atoms with van der Waals surface area (Å²) in [5, 5.41) is 0. The smallest absolute Gasteiger partial charge is 0.260 e. The van der Waals surface area contributed by atoms with Crippen LogP contribution in [0.2, 0.25) is 0 Å². The van der Waals surface area contributed by atoms with Crippen molar-refractivity contribution in [3.63, 3.8) is 0 Å². The van der Waals surface area contributed by atoms with Crippen LogP contribution in [0.3, 0.4) is 0 Å². The minimum atomic E-state index is -4.01. The topological polar surface area (TPSA) is 86.7 Å². The molecule has 0 aliphatic rings. The van der Waals surface area contributed by atoms with E-state index in [9.17, 15) is 16.8 Å². The average Bonchev–Trinajstić information content (AvgIpc) is 2.52. The van der Waals surface area contributed by atoms with Crippen molar-refractivity contribution in [1.82, 2.24) is 0 Å². The highest BCUT2D eigenvalue weighted by Gasteiger charge is 2.38. The first-order valence-electron chi connectivity index (χ1n) is 9.17. The summed E-state index contributed by atoms with van der Waals surface area (Å²) in [6.07, 6.45) is 0.0240. The fourth-order valence-electron chi connectivity index (χ4n) is 3.18. The van der Waals surface area contributed by atoms with Gasteiger partial charge in [-0.25, -0.2) is 0 Å². The molecule has 8 heteroatoms. The lowest BCUT2D eigenvalue weighted by atomic mass is 9.93. The third-order valence-electron chi connectivity index (χ3n) is 4.14. The second-order valence-electron chi connectivity index (χ2n) is 8.40. The normalized spacial score (nSPS) is 13.4. The Kier molecular flexibility index (Phi) is 6.64. The van der Waals surface area contributed by atoms with Crippen molar-refractivity contribution >= 4 is 20.2 Å². The molecule has 0 saturated heterocycles. The molecular weight excluding hydrogens is 412 g/mol. The molecule has 0 bridgehead atoms. The summed E-state index contributed by atoms with van der Waals surface area (Å²) < 4.78 is 61.2. The summed E-state index contributed by atoms with van der Waals surface area (Å²) in [7, 11) is -8.03. The lowest BCUT2D eigenvalue weighted by Crippen LogP contribution is -2.40. The first-order chi connectivity index (χ1) is 13.1. The zero-order valence-electron chi connectivity index (χ0n) is 17.6. The van der Waals surface area contributed by atoms with Crippen molar-refractivity contribution in [3.05, 3.63) is 59.7 Å². The number of rotatable bonds is 8. The molecule has 0 N–H and O–H groups in total. The van der Waals surface area contributed by atoms with E-state index >= 15 is 0 Å². The van der Waals surface area contributed by atoms with Crippen LogP contribution in [-0.4, -0.2) is 28.0 Å². The van der Waals surface area contributed by atoms with Gasteiger partial charge in [0, 0.05) is 6.42 Å². The van der Waals surface area contributed by atoms with Gasteiger partial charge >= 0.3 is 0 Å². The monoisotopic (exact) mass is 440 g/mol. The largest absolute Gasteiger partial charge is 0.297 e. The van der Waals surface area contributed by atoms with Crippen LogP contribution in [0.15, 0.2) is 58.3 Å². The Bertz CT molecular complexity index is 962. The van der Waals surface area contributed by atoms with Crippen LogP contribution in [0.4, 0.5) is 0 Å². The maximum absolute atomic E-state index is 12.6. The maximum atomic E-state index is 12.6. The van der Waals surface area contributed by atoms with Gasteiger partial charge < -0.3 is 0 Å². The summed E-state index contributed by atoms with van der Waals surface area (Å²) in [5.41, 5.74) is -0.537. The summed E-state index contributed by atoms with van der Waals surface area (Å²) >= 11 is 0. The third-order valence-corrected chi connectivity index (χ3v) is 7.18. The molecule has 6 nitrogen and oxygen atoms in total. The molecule has 0 aliphatic carbocycles. The third kappa shape index (κ3) is 6.64. The van der Waals surface area contributed by atoms with E-state index in [-0.39, 0.29) is 16.2 Å². The minimum Gasteiger partial charge on any atom is -0.260 e. The van der Waals surface area contributed by atoms with Crippen LogP contribution >= 0.6 is 0 Å². The van der Waals surface area contributed by atoms with E-state index in [1.54, 1.807) is 52.0 Å². The van der Waals surface area contributed by atoms with E-state index in [1.165, 1.54) is 24.3 Å². The van der Waals surface area contributed by atoms with E-state index in [1.807, 2.05) is 13.8 Å². The van der Waals surface area contributed by atoms with E-state index < -0.39 is 31.4 Å². The predicted octanol–water partition coefficient (Wildman–Crippen LogP) is 4.36. The quantitative estimate of drug-likeness (QED) is 0.567. The average molecular weight is 441 g/mol. The molecule has 2 aromatic carbocycles. The van der Waals surface area contributed by atoms with E-state index in [2.05, 4.69) is 0 Å². The van der Waals surface area contributed by atoms with Crippen molar-refractivity contribution in [2.45, 2.75) is 69.0 Å². The summed E-state index contributed by atoms with van der Waals surface area (Å²) in [6.45, 7) is 10.1. The molecule has 2 aromatic rings. The van der Waals surface area contributed by atoms with Crippen LogP contribution < -0.4 is 0 Å². The van der Waals surface area contributed by atoms with Crippen molar-refractivity contribution < 1.29 is 25.2 Å². The number of hydrogen-bond donors (Lipinski definition) is 0. The van der Waals surface area contributed by atoms with Gasteiger partial charge in [-0.15, -0.1) is 0 Å². The van der Waals surface area contributed by atoms with Gasteiger partial charge in [-0.1, -0.05) is 35.4 Å². The van der Waals surface area contributed by atoms with Crippen LogP contribution in [0, 0.1) is 13.8 Å². The molecule has 0 spiro atoms. The van der Waals surface area contributed by atoms with Gasteiger partial charge in [0.15, 0.2) is 0 Å². The Hall–Kier alpha value is -1.74. The Labute approximate surface area is 174 Å². The summed E-state index contributed by atoms with van der Waals surface area (Å²) in [6, 6.07) is 12.6. The Morgan fingerprint density at radius 3 is 1.17 bits per heavy atom. The van der Waals surface area contributed by atoms with Gasteiger partial charge in [0.05, 0.1) is 21.0 Å². The van der Waals surface area contributed by atoms with E-state index in [0.29, 0.717) is 0 Å². The van der Waals surface area contributed by atoms with Crippen molar-refractivity contribution in [1.29, 1.82) is 0 Å². The van der Waals surface area contributed by atoms with E-state index in [4.69, 9.17) is 8.37 Å². The molecule has 160 valence electrons. The molecular formula is C21H28O6S2. The molecule has 0 amide bonds. The molecule has 0 fully saturated rings. The van der Waals surface area contributed by atoms with Gasteiger partial charge in [-0.05, 0) is 65.8 Å². The molecule has 0 atom stereocenters. The predicted molar refractivity (Wildman–Crippen MR) is 112 cm³/mol. The SMILES string of the molecule is Cc1ccc(S(=O)(=O)OC(C)(C)CC(C)(C)OS(=O)(=O)c2ccc(C)cc2)cc1. The van der Waals surface area contributed by atoms with Gasteiger partial charge in [0.25, 0.3) is 20.2 Å². The highest BCUT2D eigenvalue weighted by atomic mass is 32.2. The summed E-state index contributed by atoms with van der Waals surface area (Å²) in [4.78, 5) is 0.0874. The maximum Gasteiger partial charge on any atom is 0.297 e. The van der Waals surface area contributed by atoms with Crippen molar-refractivity contribution in [2.75, 3.05) is 0 Å². The molecule has 2 rings (SSSR count). The first-order valence-corrected chi connectivity index (χ1v) is 12.0. The molecule has 0 saturated carbocycles. The number of hydrogen-bond acceptors (Lipinski definition) is 6. The van der Waals surface area contributed by atoms with E-state index in [0.717, 1.165) is 11.1 Å². The number of aryl methyl sites for hydroxylation is 2. The van der Waals surface area contributed by atoms with Crippen LogP contribution in [0.5, 0.6) is 0 Å². The zero-order chi connectivity index (χ0) is 22.1. The van der Waals surface area contributed by atoms with Crippen molar-refractivity contribution in [3.8, 4) is 0 Å². The highest BCUT2D eigenvalue weighted by Crippen LogP contribution is 2.32. The molecule has 0 heterocycles. The molecule has 0 unspecified atom stereocenters. The number of benzene rings is 2. The standard InChI is InChI=1S/C21H28O6S2/c1-16-7-11-18(12-8-16)28(22,23)26-20(3,4)15-21(5,6)27-29(24,25)19-13-9-17(2)10-14-19/h7-14H,15H2,1-6H3. The second-order valence-corrected chi connectivity index (χ2v) is 11.5. The zero-order valence-corrected chi connectivity index (χ0v) is 19.2. The minimum absolute atomic E-state index is 0.0240. The van der Waals surface area contributed by atoms with Gasteiger partial charge in [0.1, 0.15) is 0 Å². The second kappa shape index (κ2) is 8.18. The fraction of sp³-hybridized carbons (Fsp3) is 0.429. The lowest BCUT2D eigenvalue weighted by Gasteiger charge is -2.33. The van der Waals surface area contributed by atoms with Crippen LogP contribution in [0.25, 0.3) is 0 Å². The van der Waals surface area contributed by atoms with Crippen LogP contribution in [-0.2, 0) is 28.6 Å².